The number of nitrogens with zero attached hydrogens (tertiary/aromatic N) is 1. The number of carboxylic acid groups (broad SMARTS) is 1. The molecule has 0 unspecified atom stereocenters. The summed E-state index contributed by atoms with van der Waals surface area (Å²) in [5.74, 6) is -0.686. The van der Waals surface area contributed by atoms with Crippen LogP contribution in [-0.2, 0) is 21.4 Å². The number of allylic oxidation sites excluding steroid dienone is 2. The van der Waals surface area contributed by atoms with E-state index in [1.54, 1.807) is 6.08 Å². The van der Waals surface area contributed by atoms with Crippen LogP contribution in [0.5, 0.6) is 0 Å². The number of ether oxygens (including phenoxy) is 1. The fourth-order valence-corrected chi connectivity index (χ4v) is 12.6. The number of aliphatic carboxylic acids is 1. The first-order chi connectivity index (χ1) is 22.3. The molecular formula is C41H51NO6. The molecular weight excluding hydrogens is 602 g/mol. The molecule has 0 spiro atoms. The Morgan fingerprint density at radius 3 is 2.48 bits per heavy atom. The molecule has 3 heterocycles. The van der Waals surface area contributed by atoms with Gasteiger partial charge in [0.1, 0.15) is 6.04 Å². The smallest absolute Gasteiger partial charge is 0.327 e. The second-order valence-electron chi connectivity index (χ2n) is 17.9. The van der Waals surface area contributed by atoms with Crippen molar-refractivity contribution in [3.8, 4) is 0 Å². The minimum atomic E-state index is -0.969. The Morgan fingerprint density at radius 2 is 1.81 bits per heavy atom. The number of aliphatic hydroxyl groups excluding tert-OH is 2. The van der Waals surface area contributed by atoms with Gasteiger partial charge in [0.25, 0.3) is 0 Å². The Bertz CT molecular complexity index is 1910. The third kappa shape index (κ3) is 3.71. The summed E-state index contributed by atoms with van der Waals surface area (Å²) in [6.07, 6.45) is 8.64. The molecule has 48 heavy (non-hydrogen) atoms. The molecule has 2 aliphatic heterocycles. The third-order valence-electron chi connectivity index (χ3n) is 14.5. The Morgan fingerprint density at radius 1 is 1.10 bits per heavy atom. The molecule has 1 aromatic carbocycles. The SMILES string of the molecule is C=C(C)[C@H]1C(=O)c2c3c(cc4c5c(n1c24)[C@@]1(C)[C@@H](CC[C@H]2[C@](C)(C/C=C/C(=O)O)[C@@H](O)CC[C@@]21C)C5)C1=CC(C)(C)OC(C)(C)[C@H]1[C@@H]3O. The minimum Gasteiger partial charge on any atom is -0.478 e. The van der Waals surface area contributed by atoms with Gasteiger partial charge in [0.15, 0.2) is 5.78 Å². The van der Waals surface area contributed by atoms with Gasteiger partial charge in [-0.1, -0.05) is 39.0 Å². The van der Waals surface area contributed by atoms with E-state index in [9.17, 15) is 24.9 Å². The normalized spacial score (nSPS) is 40.0. The molecule has 8 rings (SSSR count). The van der Waals surface area contributed by atoms with Crippen molar-refractivity contribution < 1.29 is 29.6 Å². The summed E-state index contributed by atoms with van der Waals surface area (Å²) in [7, 11) is 0. The summed E-state index contributed by atoms with van der Waals surface area (Å²) >= 11 is 0. The number of hydrogen-bond donors (Lipinski definition) is 3. The molecule has 7 nitrogen and oxygen atoms in total. The fraction of sp³-hybridized carbons (Fsp3) is 0.610. The molecule has 2 aromatic rings. The molecule has 2 saturated carbocycles. The highest BCUT2D eigenvalue weighted by Crippen LogP contribution is 2.72. The fourth-order valence-electron chi connectivity index (χ4n) is 12.6. The molecule has 0 amide bonds. The average Bonchev–Trinajstić information content (AvgIpc) is 3.63. The highest BCUT2D eigenvalue weighted by molar-refractivity contribution is 6.18. The van der Waals surface area contributed by atoms with Gasteiger partial charge in [0.05, 0.1) is 34.5 Å². The average molecular weight is 654 g/mol. The summed E-state index contributed by atoms with van der Waals surface area (Å²) in [5, 5.41) is 34.1. The van der Waals surface area contributed by atoms with Gasteiger partial charge in [0, 0.05) is 39.5 Å². The van der Waals surface area contributed by atoms with Crippen LogP contribution in [0.4, 0.5) is 0 Å². The van der Waals surface area contributed by atoms with Crippen molar-refractivity contribution in [2.75, 3.05) is 0 Å². The van der Waals surface area contributed by atoms with Crippen LogP contribution in [0.1, 0.15) is 132 Å². The highest BCUT2D eigenvalue weighted by atomic mass is 16.5. The number of carbonyl (C=O) groups excluding carboxylic acids is 1. The van der Waals surface area contributed by atoms with Crippen LogP contribution in [0, 0.1) is 28.6 Å². The molecule has 9 atom stereocenters. The number of rotatable bonds is 4. The quantitative estimate of drug-likeness (QED) is 0.231. The molecule has 0 bridgehead atoms. The van der Waals surface area contributed by atoms with Crippen molar-refractivity contribution in [2.45, 2.75) is 129 Å². The van der Waals surface area contributed by atoms with Gasteiger partial charge >= 0.3 is 5.97 Å². The van der Waals surface area contributed by atoms with Gasteiger partial charge in [-0.3, -0.25) is 4.79 Å². The minimum absolute atomic E-state index is 0.0192. The Balaban J connectivity index is 1.38. The van der Waals surface area contributed by atoms with E-state index in [-0.39, 0.29) is 28.4 Å². The van der Waals surface area contributed by atoms with E-state index in [4.69, 9.17) is 4.74 Å². The number of Topliss-reactive ketones (excluding diaryl/α,β-unsaturated/α-hetero) is 1. The molecule has 2 fully saturated rings. The van der Waals surface area contributed by atoms with Gasteiger partial charge in [-0.05, 0) is 119 Å². The summed E-state index contributed by atoms with van der Waals surface area (Å²) in [6.45, 7) is 21.5. The van der Waals surface area contributed by atoms with Gasteiger partial charge < -0.3 is 24.6 Å². The molecule has 6 aliphatic rings. The summed E-state index contributed by atoms with van der Waals surface area (Å²) in [6, 6.07) is 1.75. The van der Waals surface area contributed by atoms with Crippen molar-refractivity contribution in [1.82, 2.24) is 4.57 Å². The first-order valence-electron chi connectivity index (χ1n) is 17.9. The number of hydrogen-bond acceptors (Lipinski definition) is 5. The maximum absolute atomic E-state index is 14.8. The Hall–Kier alpha value is -3.00. The van der Waals surface area contributed by atoms with Gasteiger partial charge in [-0.15, -0.1) is 0 Å². The van der Waals surface area contributed by atoms with Crippen LogP contribution >= 0.6 is 0 Å². The molecule has 3 N–H and O–H groups in total. The van der Waals surface area contributed by atoms with Crippen molar-refractivity contribution >= 4 is 28.2 Å². The summed E-state index contributed by atoms with van der Waals surface area (Å²) in [5.41, 5.74) is 5.66. The van der Waals surface area contributed by atoms with Gasteiger partial charge in [-0.2, -0.15) is 0 Å². The van der Waals surface area contributed by atoms with Crippen LogP contribution in [0.2, 0.25) is 0 Å². The standard InChI is InChI=1S/C41H51NO6/c1-20(2)32-35(47)30-29-22(25-19-37(3,4)48-38(5,6)31(25)34(29)46)18-23-24-17-21-12-13-26-39(7,15-10-11-28(44)45)27(43)14-16-40(26,8)41(21,9)36(24)42(32)33(23)30/h10-11,18-19,21,26-27,31-32,34,43,46H,1,12-17H2,2-9H3,(H,44,45)/b11-10+/t21-,26-,27-,31+,32-,34+,39-,40-,41+/m0/s1. The Kier molecular flexibility index (Phi) is 6.45. The molecule has 0 radical (unpaired) electrons. The lowest BCUT2D eigenvalue weighted by atomic mass is 9.40. The zero-order valence-electron chi connectivity index (χ0n) is 29.7. The zero-order valence-corrected chi connectivity index (χ0v) is 29.7. The van der Waals surface area contributed by atoms with E-state index < -0.39 is 40.8 Å². The first kappa shape index (κ1) is 32.2. The second kappa shape index (κ2) is 9.61. The lowest BCUT2D eigenvalue weighted by Gasteiger charge is -2.65. The second-order valence-corrected chi connectivity index (χ2v) is 17.9. The van der Waals surface area contributed by atoms with Gasteiger partial charge in [-0.25, -0.2) is 4.79 Å². The maximum atomic E-state index is 14.8. The van der Waals surface area contributed by atoms with Crippen LogP contribution in [-0.4, -0.2) is 48.9 Å². The third-order valence-corrected chi connectivity index (χ3v) is 14.5. The van der Waals surface area contributed by atoms with Crippen molar-refractivity contribution in [3.63, 3.8) is 0 Å². The molecule has 0 saturated heterocycles. The number of carboxylic acids is 1. The van der Waals surface area contributed by atoms with E-state index in [2.05, 4.69) is 57.9 Å². The number of carbonyl (C=O) groups is 2. The van der Waals surface area contributed by atoms with Crippen LogP contribution < -0.4 is 0 Å². The number of fused-ring (bicyclic) bond motifs is 11. The summed E-state index contributed by atoms with van der Waals surface area (Å²) < 4.78 is 8.84. The lowest BCUT2D eigenvalue weighted by Crippen LogP contribution is -2.62. The maximum Gasteiger partial charge on any atom is 0.327 e. The van der Waals surface area contributed by atoms with Crippen molar-refractivity contribution in [3.05, 3.63) is 64.4 Å². The predicted octanol–water partition coefficient (Wildman–Crippen LogP) is 7.63. The van der Waals surface area contributed by atoms with Crippen LogP contribution in [0.3, 0.4) is 0 Å². The topological polar surface area (TPSA) is 109 Å². The van der Waals surface area contributed by atoms with E-state index in [1.807, 2.05) is 20.8 Å². The molecule has 256 valence electrons. The first-order valence-corrected chi connectivity index (χ1v) is 17.9. The van der Waals surface area contributed by atoms with E-state index >= 15 is 0 Å². The molecule has 4 aliphatic carbocycles. The van der Waals surface area contributed by atoms with Gasteiger partial charge in [0.2, 0.25) is 0 Å². The van der Waals surface area contributed by atoms with E-state index in [1.165, 1.54) is 17.3 Å². The largest absolute Gasteiger partial charge is 0.478 e. The number of aliphatic hydroxyl groups is 2. The zero-order chi connectivity index (χ0) is 34.7. The lowest BCUT2D eigenvalue weighted by molar-refractivity contribution is -0.163. The van der Waals surface area contributed by atoms with E-state index in [0.717, 1.165) is 58.9 Å². The van der Waals surface area contributed by atoms with Crippen molar-refractivity contribution in [1.29, 1.82) is 0 Å². The number of benzene rings is 1. The molecule has 7 heteroatoms. The van der Waals surface area contributed by atoms with Crippen LogP contribution in [0.25, 0.3) is 16.5 Å². The number of aromatic nitrogens is 1. The highest BCUT2D eigenvalue weighted by Gasteiger charge is 2.68. The van der Waals surface area contributed by atoms with Crippen molar-refractivity contribution in [2.24, 2.45) is 28.6 Å². The Labute approximate surface area is 283 Å². The van der Waals surface area contributed by atoms with E-state index in [0.29, 0.717) is 24.3 Å². The number of ketones is 1. The van der Waals surface area contributed by atoms with Crippen LogP contribution in [0.15, 0.2) is 36.4 Å². The monoisotopic (exact) mass is 653 g/mol. The predicted molar refractivity (Wildman–Crippen MR) is 186 cm³/mol. The molecule has 1 aromatic heterocycles. The summed E-state index contributed by atoms with van der Waals surface area (Å²) in [4.78, 5) is 26.2.